The first-order valence-corrected chi connectivity index (χ1v) is 6.80. The fraction of sp³-hybridized carbons (Fsp3) is 0.600. The topological polar surface area (TPSA) is 30.5 Å². The minimum absolute atomic E-state index is 0.146. The van der Waals surface area contributed by atoms with E-state index >= 15 is 0 Å². The van der Waals surface area contributed by atoms with Gasteiger partial charge in [0, 0.05) is 6.04 Å². The highest BCUT2D eigenvalue weighted by atomic mass is 16.5. The smallest absolute Gasteiger partial charge is 0.120 e. The molecular weight excluding hydrogens is 226 g/mol. The molecule has 1 rings (SSSR count). The Bertz CT molecular complexity index is 324. The number of nitrogens with one attached hydrogen (secondary N) is 1. The van der Waals surface area contributed by atoms with Crippen LogP contribution >= 0.6 is 0 Å². The van der Waals surface area contributed by atoms with E-state index in [9.17, 15) is 0 Å². The second-order valence-corrected chi connectivity index (χ2v) is 4.49. The van der Waals surface area contributed by atoms with Crippen LogP contribution in [-0.4, -0.2) is 25.3 Å². The van der Waals surface area contributed by atoms with E-state index in [2.05, 4.69) is 33.0 Å². The van der Waals surface area contributed by atoms with Crippen LogP contribution in [0.25, 0.3) is 0 Å². The lowest BCUT2D eigenvalue weighted by Crippen LogP contribution is -2.38. The first-order chi connectivity index (χ1) is 8.67. The normalized spacial score (nSPS) is 14.0. The van der Waals surface area contributed by atoms with Gasteiger partial charge in [0.1, 0.15) is 17.6 Å². The molecule has 18 heavy (non-hydrogen) atoms. The van der Waals surface area contributed by atoms with Crippen molar-refractivity contribution in [2.24, 2.45) is 0 Å². The van der Waals surface area contributed by atoms with E-state index in [1.165, 1.54) is 0 Å². The molecular formula is C15H25NO2. The van der Waals surface area contributed by atoms with Crippen molar-refractivity contribution in [3.8, 4) is 11.5 Å². The van der Waals surface area contributed by atoms with Crippen molar-refractivity contribution in [3.05, 3.63) is 24.3 Å². The predicted molar refractivity (Wildman–Crippen MR) is 75.5 cm³/mol. The van der Waals surface area contributed by atoms with Crippen molar-refractivity contribution in [3.63, 3.8) is 0 Å². The third kappa shape index (κ3) is 4.96. The van der Waals surface area contributed by atoms with E-state index in [1.807, 2.05) is 24.3 Å². The zero-order valence-electron chi connectivity index (χ0n) is 11.9. The molecule has 1 aromatic carbocycles. The predicted octanol–water partition coefficient (Wildman–Crippen LogP) is 3.24. The molecule has 1 aromatic rings. The molecule has 0 saturated carbocycles. The molecule has 1 N–H and O–H groups in total. The van der Waals surface area contributed by atoms with Crippen molar-refractivity contribution < 1.29 is 9.47 Å². The molecule has 0 heterocycles. The summed E-state index contributed by atoms with van der Waals surface area (Å²) in [6.45, 7) is 10.1. The van der Waals surface area contributed by atoms with E-state index in [-0.39, 0.29) is 6.10 Å². The SMILES string of the molecule is CCCOc1ccc(OC(C)C(C)NCC)cc1. The van der Waals surface area contributed by atoms with Crippen molar-refractivity contribution in [1.29, 1.82) is 0 Å². The summed E-state index contributed by atoms with van der Waals surface area (Å²) in [5, 5.41) is 3.36. The molecule has 0 radical (unpaired) electrons. The Balaban J connectivity index is 2.47. The van der Waals surface area contributed by atoms with Gasteiger partial charge < -0.3 is 14.8 Å². The second kappa shape index (κ2) is 7.98. The fourth-order valence-corrected chi connectivity index (χ4v) is 1.64. The summed E-state index contributed by atoms with van der Waals surface area (Å²) in [6, 6.07) is 8.16. The first-order valence-electron chi connectivity index (χ1n) is 6.80. The quantitative estimate of drug-likeness (QED) is 0.769. The highest BCUT2D eigenvalue weighted by molar-refractivity contribution is 5.31. The van der Waals surface area contributed by atoms with Gasteiger partial charge in [-0.05, 0) is 51.1 Å². The van der Waals surface area contributed by atoms with Crippen molar-refractivity contribution >= 4 is 0 Å². The fourth-order valence-electron chi connectivity index (χ4n) is 1.64. The molecule has 0 aromatic heterocycles. The Hall–Kier alpha value is -1.22. The van der Waals surface area contributed by atoms with Crippen LogP contribution in [0.15, 0.2) is 24.3 Å². The Labute approximate surface area is 110 Å². The number of hydrogen-bond donors (Lipinski definition) is 1. The molecule has 0 spiro atoms. The molecule has 0 aliphatic heterocycles. The summed E-state index contributed by atoms with van der Waals surface area (Å²) in [6.07, 6.45) is 1.17. The molecule has 0 amide bonds. The zero-order valence-corrected chi connectivity index (χ0v) is 11.9. The van der Waals surface area contributed by atoms with Crippen LogP contribution in [0.2, 0.25) is 0 Å². The molecule has 3 heteroatoms. The number of hydrogen-bond acceptors (Lipinski definition) is 3. The van der Waals surface area contributed by atoms with Gasteiger partial charge in [0.25, 0.3) is 0 Å². The van der Waals surface area contributed by atoms with Crippen LogP contribution < -0.4 is 14.8 Å². The molecule has 2 unspecified atom stereocenters. The van der Waals surface area contributed by atoms with E-state index < -0.39 is 0 Å². The van der Waals surface area contributed by atoms with Crippen molar-refractivity contribution in [1.82, 2.24) is 5.32 Å². The van der Waals surface area contributed by atoms with Gasteiger partial charge in [0.05, 0.1) is 6.61 Å². The van der Waals surface area contributed by atoms with E-state index in [0.29, 0.717) is 6.04 Å². The maximum atomic E-state index is 5.87. The van der Waals surface area contributed by atoms with Crippen molar-refractivity contribution in [2.45, 2.75) is 46.3 Å². The van der Waals surface area contributed by atoms with Gasteiger partial charge in [-0.2, -0.15) is 0 Å². The lowest BCUT2D eigenvalue weighted by Gasteiger charge is -2.22. The van der Waals surface area contributed by atoms with Gasteiger partial charge in [0.15, 0.2) is 0 Å². The Morgan fingerprint density at radius 3 is 2.22 bits per heavy atom. The van der Waals surface area contributed by atoms with Crippen LogP contribution in [0.5, 0.6) is 11.5 Å². The lowest BCUT2D eigenvalue weighted by molar-refractivity contribution is 0.179. The van der Waals surface area contributed by atoms with Crippen LogP contribution in [0.4, 0.5) is 0 Å². The van der Waals surface area contributed by atoms with Gasteiger partial charge in [-0.1, -0.05) is 13.8 Å². The maximum Gasteiger partial charge on any atom is 0.120 e. The molecule has 2 atom stereocenters. The lowest BCUT2D eigenvalue weighted by atomic mass is 10.2. The average Bonchev–Trinajstić information content (AvgIpc) is 2.38. The summed E-state index contributed by atoms with van der Waals surface area (Å²) in [7, 11) is 0. The molecule has 102 valence electrons. The molecule has 0 saturated heterocycles. The largest absolute Gasteiger partial charge is 0.494 e. The van der Waals surface area contributed by atoms with E-state index in [4.69, 9.17) is 9.47 Å². The van der Waals surface area contributed by atoms with Crippen LogP contribution in [0, 0.1) is 0 Å². The molecule has 3 nitrogen and oxygen atoms in total. The summed E-state index contributed by atoms with van der Waals surface area (Å²) in [5.41, 5.74) is 0. The number of likely N-dealkylation sites (N-methyl/N-ethyl adjacent to an activating group) is 1. The monoisotopic (exact) mass is 251 g/mol. The third-order valence-electron chi connectivity index (χ3n) is 2.85. The van der Waals surface area contributed by atoms with Gasteiger partial charge in [0.2, 0.25) is 0 Å². The highest BCUT2D eigenvalue weighted by Gasteiger charge is 2.12. The van der Waals surface area contributed by atoms with Gasteiger partial charge in [-0.3, -0.25) is 0 Å². The summed E-state index contributed by atoms with van der Waals surface area (Å²) >= 11 is 0. The maximum absolute atomic E-state index is 5.87. The summed E-state index contributed by atoms with van der Waals surface area (Å²) in [4.78, 5) is 0. The van der Waals surface area contributed by atoms with Crippen molar-refractivity contribution in [2.75, 3.05) is 13.2 Å². The van der Waals surface area contributed by atoms with E-state index in [0.717, 1.165) is 31.1 Å². The zero-order chi connectivity index (χ0) is 13.4. The summed E-state index contributed by atoms with van der Waals surface area (Å²) in [5.74, 6) is 1.78. The molecule has 0 fully saturated rings. The van der Waals surface area contributed by atoms with Gasteiger partial charge >= 0.3 is 0 Å². The minimum Gasteiger partial charge on any atom is -0.494 e. The van der Waals surface area contributed by atoms with Crippen LogP contribution in [-0.2, 0) is 0 Å². The molecule has 0 bridgehead atoms. The first kappa shape index (κ1) is 14.8. The number of ether oxygens (including phenoxy) is 2. The molecule has 0 aliphatic rings. The van der Waals surface area contributed by atoms with Gasteiger partial charge in [-0.15, -0.1) is 0 Å². The number of benzene rings is 1. The highest BCUT2D eigenvalue weighted by Crippen LogP contribution is 2.19. The van der Waals surface area contributed by atoms with Gasteiger partial charge in [-0.25, -0.2) is 0 Å². The Morgan fingerprint density at radius 1 is 1.06 bits per heavy atom. The Morgan fingerprint density at radius 2 is 1.67 bits per heavy atom. The minimum atomic E-state index is 0.146. The van der Waals surface area contributed by atoms with E-state index in [1.54, 1.807) is 0 Å². The third-order valence-corrected chi connectivity index (χ3v) is 2.85. The van der Waals surface area contributed by atoms with Crippen LogP contribution in [0.3, 0.4) is 0 Å². The average molecular weight is 251 g/mol. The standard InChI is InChI=1S/C15H25NO2/c1-5-11-17-14-7-9-15(10-8-14)18-13(4)12(3)16-6-2/h7-10,12-13,16H,5-6,11H2,1-4H3. The summed E-state index contributed by atoms with van der Waals surface area (Å²) < 4.78 is 11.4. The Kier molecular flexibility index (Phi) is 6.58. The second-order valence-electron chi connectivity index (χ2n) is 4.49. The number of rotatable bonds is 8. The van der Waals surface area contributed by atoms with Crippen LogP contribution in [0.1, 0.15) is 34.1 Å². The molecule has 0 aliphatic carbocycles.